The minimum absolute atomic E-state index is 0.160. The second-order valence-corrected chi connectivity index (χ2v) is 6.47. The van der Waals surface area contributed by atoms with Crippen LogP contribution < -0.4 is 14.8 Å². The van der Waals surface area contributed by atoms with E-state index in [1.165, 1.54) is 0 Å². The van der Waals surface area contributed by atoms with Crippen LogP contribution in [0.5, 0.6) is 11.5 Å². The van der Waals surface area contributed by atoms with Crippen LogP contribution in [0.1, 0.15) is 11.7 Å². The smallest absolute Gasteiger partial charge is 0.167 e. The van der Waals surface area contributed by atoms with E-state index in [0.717, 1.165) is 39.4 Å². The van der Waals surface area contributed by atoms with E-state index in [1.54, 1.807) is 14.2 Å². The van der Waals surface area contributed by atoms with Crippen molar-refractivity contribution in [2.45, 2.75) is 6.17 Å². The standard InChI is InChI=1S/C22H19N3O2/c1-26-19-13-7-9-15(20(19)27-2)22-23-16-10-4-3-8-14(16)21-24-17-11-5-6-12-18(17)25(21)22/h3-13,22-23H,1-2H3. The molecule has 1 aliphatic rings. The van der Waals surface area contributed by atoms with Crippen LogP contribution >= 0.6 is 0 Å². The first-order valence-electron chi connectivity index (χ1n) is 8.85. The van der Waals surface area contributed by atoms with Gasteiger partial charge in [-0.15, -0.1) is 0 Å². The Kier molecular flexibility index (Phi) is 3.53. The molecule has 1 atom stereocenters. The number of benzene rings is 3. The summed E-state index contributed by atoms with van der Waals surface area (Å²) >= 11 is 0. The Labute approximate surface area is 157 Å². The van der Waals surface area contributed by atoms with Gasteiger partial charge in [0.05, 0.1) is 25.3 Å². The molecule has 5 heteroatoms. The molecule has 3 aromatic carbocycles. The SMILES string of the molecule is COc1cccc(C2Nc3ccccc3-c3nc4ccccc4n32)c1OC. The van der Waals surface area contributed by atoms with Crippen molar-refractivity contribution >= 4 is 16.7 Å². The quantitative estimate of drug-likeness (QED) is 0.578. The van der Waals surface area contributed by atoms with E-state index in [-0.39, 0.29) is 6.17 Å². The van der Waals surface area contributed by atoms with E-state index in [1.807, 2.05) is 42.5 Å². The predicted molar refractivity (Wildman–Crippen MR) is 106 cm³/mol. The number of hydrogen-bond acceptors (Lipinski definition) is 4. The van der Waals surface area contributed by atoms with Crippen LogP contribution in [0.25, 0.3) is 22.4 Å². The summed E-state index contributed by atoms with van der Waals surface area (Å²) in [7, 11) is 3.33. The highest BCUT2D eigenvalue weighted by atomic mass is 16.5. The average molecular weight is 357 g/mol. The molecular formula is C22H19N3O2. The van der Waals surface area contributed by atoms with E-state index >= 15 is 0 Å². The molecule has 2 heterocycles. The summed E-state index contributed by atoms with van der Waals surface area (Å²) in [6.07, 6.45) is -0.160. The molecular weight excluding hydrogens is 338 g/mol. The lowest BCUT2D eigenvalue weighted by Gasteiger charge is -2.31. The predicted octanol–water partition coefficient (Wildman–Crippen LogP) is 4.69. The summed E-state index contributed by atoms with van der Waals surface area (Å²) in [5.74, 6) is 2.38. The van der Waals surface area contributed by atoms with Gasteiger partial charge in [0.25, 0.3) is 0 Å². The number of rotatable bonds is 3. The Balaban J connectivity index is 1.82. The summed E-state index contributed by atoms with van der Waals surface area (Å²) in [5, 5.41) is 3.66. The van der Waals surface area contributed by atoms with Crippen molar-refractivity contribution in [1.29, 1.82) is 0 Å². The highest BCUT2D eigenvalue weighted by molar-refractivity contribution is 5.87. The monoisotopic (exact) mass is 357 g/mol. The van der Waals surface area contributed by atoms with Gasteiger partial charge in [-0.05, 0) is 30.3 Å². The van der Waals surface area contributed by atoms with Crippen molar-refractivity contribution in [3.8, 4) is 22.9 Å². The number of fused-ring (bicyclic) bond motifs is 5. The Morgan fingerprint density at radius 1 is 0.889 bits per heavy atom. The number of nitrogens with zero attached hydrogens (tertiary/aromatic N) is 2. The zero-order valence-electron chi connectivity index (χ0n) is 15.1. The lowest BCUT2D eigenvalue weighted by atomic mass is 10.0. The van der Waals surface area contributed by atoms with E-state index in [4.69, 9.17) is 14.5 Å². The van der Waals surface area contributed by atoms with Crippen molar-refractivity contribution in [3.63, 3.8) is 0 Å². The van der Waals surface area contributed by atoms with Crippen molar-refractivity contribution in [2.75, 3.05) is 19.5 Å². The lowest BCUT2D eigenvalue weighted by Crippen LogP contribution is -2.25. The molecule has 0 saturated heterocycles. The first-order chi connectivity index (χ1) is 13.3. The minimum Gasteiger partial charge on any atom is -0.493 e. The van der Waals surface area contributed by atoms with Crippen LogP contribution in [0.2, 0.25) is 0 Å². The summed E-state index contributed by atoms with van der Waals surface area (Å²) < 4.78 is 13.5. The van der Waals surface area contributed by atoms with Gasteiger partial charge in [-0.2, -0.15) is 0 Å². The molecule has 0 amide bonds. The number of para-hydroxylation sites is 4. The fourth-order valence-electron chi connectivity index (χ4n) is 3.86. The number of imidazole rings is 1. The molecule has 0 spiro atoms. The molecule has 0 radical (unpaired) electrons. The van der Waals surface area contributed by atoms with E-state index in [2.05, 4.69) is 34.1 Å². The third-order valence-electron chi connectivity index (χ3n) is 5.04. The second kappa shape index (κ2) is 6.06. The fraction of sp³-hybridized carbons (Fsp3) is 0.136. The Morgan fingerprint density at radius 2 is 1.70 bits per heavy atom. The van der Waals surface area contributed by atoms with Crippen LogP contribution in [0.15, 0.2) is 66.7 Å². The second-order valence-electron chi connectivity index (χ2n) is 6.47. The minimum atomic E-state index is -0.160. The first kappa shape index (κ1) is 15.8. The number of aromatic nitrogens is 2. The zero-order valence-corrected chi connectivity index (χ0v) is 15.1. The van der Waals surface area contributed by atoms with Crippen LogP contribution in [-0.2, 0) is 0 Å². The Morgan fingerprint density at radius 3 is 2.56 bits per heavy atom. The Hall–Kier alpha value is -3.47. The van der Waals surface area contributed by atoms with Gasteiger partial charge in [-0.25, -0.2) is 4.98 Å². The molecule has 1 N–H and O–H groups in total. The van der Waals surface area contributed by atoms with Crippen molar-refractivity contribution in [1.82, 2.24) is 9.55 Å². The number of anilines is 1. The highest BCUT2D eigenvalue weighted by Gasteiger charge is 2.30. The molecule has 1 aliphatic heterocycles. The van der Waals surface area contributed by atoms with Crippen molar-refractivity contribution in [3.05, 3.63) is 72.3 Å². The zero-order chi connectivity index (χ0) is 18.4. The molecule has 1 aromatic heterocycles. The lowest BCUT2D eigenvalue weighted by molar-refractivity contribution is 0.349. The topological polar surface area (TPSA) is 48.3 Å². The largest absolute Gasteiger partial charge is 0.493 e. The van der Waals surface area contributed by atoms with Gasteiger partial charge >= 0.3 is 0 Å². The molecule has 1 unspecified atom stereocenters. The number of methoxy groups -OCH3 is 2. The van der Waals surface area contributed by atoms with Gasteiger partial charge < -0.3 is 14.8 Å². The maximum atomic E-state index is 5.71. The molecule has 0 saturated carbocycles. The molecule has 0 bridgehead atoms. The van der Waals surface area contributed by atoms with Gasteiger partial charge in [0.2, 0.25) is 0 Å². The van der Waals surface area contributed by atoms with Gasteiger partial charge in [0.15, 0.2) is 11.5 Å². The van der Waals surface area contributed by atoms with Crippen LogP contribution in [-0.4, -0.2) is 23.8 Å². The maximum Gasteiger partial charge on any atom is 0.167 e. The van der Waals surface area contributed by atoms with E-state index in [0.29, 0.717) is 5.75 Å². The van der Waals surface area contributed by atoms with Crippen molar-refractivity contribution < 1.29 is 9.47 Å². The molecule has 0 fully saturated rings. The highest BCUT2D eigenvalue weighted by Crippen LogP contribution is 2.44. The number of nitrogens with one attached hydrogen (secondary N) is 1. The van der Waals surface area contributed by atoms with Crippen LogP contribution in [0.3, 0.4) is 0 Å². The molecule has 5 rings (SSSR count). The van der Waals surface area contributed by atoms with Gasteiger partial charge in [-0.1, -0.05) is 36.4 Å². The third kappa shape index (κ3) is 2.28. The molecule has 5 nitrogen and oxygen atoms in total. The first-order valence-corrected chi connectivity index (χ1v) is 8.85. The summed E-state index contributed by atoms with van der Waals surface area (Å²) in [6, 6.07) is 22.4. The molecule has 27 heavy (non-hydrogen) atoms. The third-order valence-corrected chi connectivity index (χ3v) is 5.04. The molecule has 0 aliphatic carbocycles. The van der Waals surface area contributed by atoms with Gasteiger partial charge in [0, 0.05) is 16.8 Å². The van der Waals surface area contributed by atoms with Crippen LogP contribution in [0, 0.1) is 0 Å². The van der Waals surface area contributed by atoms with Gasteiger partial charge in [0.1, 0.15) is 12.0 Å². The Bertz CT molecular complexity index is 1150. The van der Waals surface area contributed by atoms with Gasteiger partial charge in [-0.3, -0.25) is 4.57 Å². The normalized spacial score (nSPS) is 15.0. The summed E-state index contributed by atoms with van der Waals surface area (Å²) in [5.41, 5.74) is 5.18. The van der Waals surface area contributed by atoms with Crippen molar-refractivity contribution in [2.24, 2.45) is 0 Å². The number of hydrogen-bond donors (Lipinski definition) is 1. The fourth-order valence-corrected chi connectivity index (χ4v) is 3.86. The average Bonchev–Trinajstić information content (AvgIpc) is 3.12. The molecule has 4 aromatic rings. The summed E-state index contributed by atoms with van der Waals surface area (Å²) in [6.45, 7) is 0. The van der Waals surface area contributed by atoms with E-state index < -0.39 is 0 Å². The molecule has 134 valence electrons. The summed E-state index contributed by atoms with van der Waals surface area (Å²) in [4.78, 5) is 4.92. The maximum absolute atomic E-state index is 5.71. The van der Waals surface area contributed by atoms with Crippen LogP contribution in [0.4, 0.5) is 5.69 Å². The number of ether oxygens (including phenoxy) is 2. The van der Waals surface area contributed by atoms with E-state index in [9.17, 15) is 0 Å².